The summed E-state index contributed by atoms with van der Waals surface area (Å²) in [6.07, 6.45) is 1.31. The molecule has 0 aliphatic rings. The topological polar surface area (TPSA) is 82.3 Å². The fraction of sp³-hybridized carbons (Fsp3) is 0.400. The summed E-state index contributed by atoms with van der Waals surface area (Å²) >= 11 is 0. The lowest BCUT2D eigenvalue weighted by molar-refractivity contribution is -0.389. The molecule has 1 rings (SSSR count). The minimum atomic E-state index is -0.864. The van der Waals surface area contributed by atoms with E-state index in [-0.39, 0.29) is 5.82 Å². The lowest BCUT2D eigenvalue weighted by Crippen LogP contribution is -2.30. The van der Waals surface area contributed by atoms with Crippen LogP contribution in [0.25, 0.3) is 0 Å². The normalized spacial score (nSPS) is 10.9. The van der Waals surface area contributed by atoms with Crippen LogP contribution in [0, 0.1) is 10.1 Å². The molecule has 0 spiro atoms. The van der Waals surface area contributed by atoms with Crippen molar-refractivity contribution in [3.8, 4) is 0 Å². The van der Waals surface area contributed by atoms with Gasteiger partial charge in [0.25, 0.3) is 0 Å². The zero-order valence-corrected chi connectivity index (χ0v) is 9.26. The first-order valence-electron chi connectivity index (χ1n) is 4.59. The van der Waals surface area contributed by atoms with Crippen molar-refractivity contribution in [2.24, 2.45) is 0 Å². The maximum atomic E-state index is 11.5. The Hall–Kier alpha value is -1.98. The van der Waals surface area contributed by atoms with Crippen LogP contribution in [0.1, 0.15) is 19.4 Å². The number of nitrogens with zero attached hydrogens (tertiary/aromatic N) is 2. The van der Waals surface area contributed by atoms with Gasteiger partial charge in [-0.05, 0) is 29.8 Å². The second-order valence-electron chi connectivity index (χ2n) is 3.78. The zero-order chi connectivity index (χ0) is 12.3. The van der Waals surface area contributed by atoms with Gasteiger partial charge in [0.05, 0.1) is 12.5 Å². The summed E-state index contributed by atoms with van der Waals surface area (Å²) in [7, 11) is 1.29. The van der Waals surface area contributed by atoms with Gasteiger partial charge in [-0.15, -0.1) is 0 Å². The lowest BCUT2D eigenvalue weighted by Gasteiger charge is -2.20. The smallest absolute Gasteiger partial charge is 0.363 e. The van der Waals surface area contributed by atoms with Crippen LogP contribution >= 0.6 is 0 Å². The molecular formula is C10H12N2O4. The predicted octanol–water partition coefficient (Wildman–Crippen LogP) is 1.44. The molecule has 1 aromatic rings. The van der Waals surface area contributed by atoms with E-state index < -0.39 is 16.3 Å². The van der Waals surface area contributed by atoms with Crippen molar-refractivity contribution in [2.45, 2.75) is 19.3 Å². The molecule has 0 radical (unpaired) electrons. The van der Waals surface area contributed by atoms with E-state index in [1.54, 1.807) is 13.8 Å². The number of methoxy groups -OCH3 is 1. The molecule has 0 aromatic carbocycles. The summed E-state index contributed by atoms with van der Waals surface area (Å²) in [5.74, 6) is -0.660. The number of hydrogen-bond donors (Lipinski definition) is 0. The minimum absolute atomic E-state index is 0.246. The van der Waals surface area contributed by atoms with E-state index in [2.05, 4.69) is 9.72 Å². The summed E-state index contributed by atoms with van der Waals surface area (Å²) in [6.45, 7) is 3.34. The zero-order valence-electron chi connectivity index (χ0n) is 9.26. The molecule has 0 saturated carbocycles. The lowest BCUT2D eigenvalue weighted by atomic mass is 9.86. The Kier molecular flexibility index (Phi) is 3.22. The van der Waals surface area contributed by atoms with Crippen molar-refractivity contribution < 1.29 is 14.5 Å². The summed E-state index contributed by atoms with van der Waals surface area (Å²) in [4.78, 5) is 24.9. The van der Waals surface area contributed by atoms with E-state index in [4.69, 9.17) is 0 Å². The standard InChI is InChI=1S/C10H12N2O4/c1-10(2,9(13)16-3)7-4-5-8(11-6-7)12(14)15/h4-6H,1-3H3. The van der Waals surface area contributed by atoms with E-state index in [1.807, 2.05) is 0 Å². The van der Waals surface area contributed by atoms with Crippen LogP contribution in [0.15, 0.2) is 18.3 Å². The summed E-state index contributed by atoms with van der Waals surface area (Å²) in [5.41, 5.74) is -0.290. The van der Waals surface area contributed by atoms with Crippen molar-refractivity contribution in [1.82, 2.24) is 4.98 Å². The van der Waals surface area contributed by atoms with Crippen LogP contribution in [0.5, 0.6) is 0 Å². The number of carbonyl (C=O) groups excluding carboxylic acids is 1. The summed E-state index contributed by atoms with van der Waals surface area (Å²) in [5, 5.41) is 10.4. The third kappa shape index (κ3) is 2.16. The van der Waals surface area contributed by atoms with Gasteiger partial charge in [-0.25, -0.2) is 0 Å². The SMILES string of the molecule is COC(=O)C(C)(C)c1ccc([N+](=O)[O-])nc1. The number of rotatable bonds is 3. The third-order valence-corrected chi connectivity index (χ3v) is 2.35. The van der Waals surface area contributed by atoms with Crippen LogP contribution in [-0.2, 0) is 14.9 Å². The number of esters is 1. The van der Waals surface area contributed by atoms with Gasteiger partial charge in [0.1, 0.15) is 6.20 Å². The highest BCUT2D eigenvalue weighted by Crippen LogP contribution is 2.24. The molecule has 1 heterocycles. The molecule has 1 aromatic heterocycles. The van der Waals surface area contributed by atoms with Crippen LogP contribution in [-0.4, -0.2) is 23.0 Å². The molecule has 0 aliphatic carbocycles. The molecule has 6 nitrogen and oxygen atoms in total. The summed E-state index contributed by atoms with van der Waals surface area (Å²) < 4.78 is 4.65. The molecule has 0 amide bonds. The van der Waals surface area contributed by atoms with Gasteiger partial charge in [-0.1, -0.05) is 0 Å². The van der Waals surface area contributed by atoms with Crippen LogP contribution < -0.4 is 0 Å². The van der Waals surface area contributed by atoms with Gasteiger partial charge in [0.15, 0.2) is 0 Å². The Morgan fingerprint density at radius 1 is 1.50 bits per heavy atom. The molecular weight excluding hydrogens is 212 g/mol. The van der Waals surface area contributed by atoms with E-state index in [0.29, 0.717) is 5.56 Å². The maximum absolute atomic E-state index is 11.5. The van der Waals surface area contributed by atoms with Crippen molar-refractivity contribution in [3.63, 3.8) is 0 Å². The first-order valence-corrected chi connectivity index (χ1v) is 4.59. The molecule has 0 N–H and O–H groups in total. The number of pyridine rings is 1. The molecule has 0 unspecified atom stereocenters. The first kappa shape index (κ1) is 12.1. The average molecular weight is 224 g/mol. The van der Waals surface area contributed by atoms with Crippen LogP contribution in [0.2, 0.25) is 0 Å². The Morgan fingerprint density at radius 3 is 2.50 bits per heavy atom. The number of hydrogen-bond acceptors (Lipinski definition) is 5. The molecule has 16 heavy (non-hydrogen) atoms. The Balaban J connectivity index is 3.06. The molecule has 0 saturated heterocycles. The monoisotopic (exact) mass is 224 g/mol. The molecule has 0 atom stereocenters. The van der Waals surface area contributed by atoms with Gasteiger partial charge in [0, 0.05) is 11.6 Å². The minimum Gasteiger partial charge on any atom is -0.468 e. The van der Waals surface area contributed by atoms with Crippen molar-refractivity contribution in [3.05, 3.63) is 34.0 Å². The number of nitro groups is 1. The summed E-state index contributed by atoms with van der Waals surface area (Å²) in [6, 6.07) is 2.77. The van der Waals surface area contributed by atoms with Gasteiger partial charge in [-0.2, -0.15) is 0 Å². The van der Waals surface area contributed by atoms with E-state index in [0.717, 1.165) is 0 Å². The third-order valence-electron chi connectivity index (χ3n) is 2.35. The molecule has 86 valence electrons. The van der Waals surface area contributed by atoms with Gasteiger partial charge >= 0.3 is 11.8 Å². The number of carbonyl (C=O) groups is 1. The molecule has 0 aliphatic heterocycles. The van der Waals surface area contributed by atoms with Crippen LogP contribution in [0.3, 0.4) is 0 Å². The second-order valence-corrected chi connectivity index (χ2v) is 3.78. The number of aromatic nitrogens is 1. The molecule has 0 fully saturated rings. The van der Waals surface area contributed by atoms with Gasteiger partial charge in [0.2, 0.25) is 0 Å². The highest BCUT2D eigenvalue weighted by Gasteiger charge is 2.32. The highest BCUT2D eigenvalue weighted by atomic mass is 16.6. The largest absolute Gasteiger partial charge is 0.468 e. The van der Waals surface area contributed by atoms with Crippen LogP contribution in [0.4, 0.5) is 5.82 Å². The Morgan fingerprint density at radius 2 is 2.12 bits per heavy atom. The highest BCUT2D eigenvalue weighted by molar-refractivity contribution is 5.81. The fourth-order valence-corrected chi connectivity index (χ4v) is 1.24. The first-order chi connectivity index (χ1) is 7.39. The van der Waals surface area contributed by atoms with E-state index in [1.165, 1.54) is 25.4 Å². The number of ether oxygens (including phenoxy) is 1. The fourth-order valence-electron chi connectivity index (χ4n) is 1.24. The Labute approximate surface area is 92.4 Å². The predicted molar refractivity (Wildman–Crippen MR) is 55.9 cm³/mol. The van der Waals surface area contributed by atoms with E-state index >= 15 is 0 Å². The second kappa shape index (κ2) is 4.26. The van der Waals surface area contributed by atoms with E-state index in [9.17, 15) is 14.9 Å². The maximum Gasteiger partial charge on any atom is 0.363 e. The van der Waals surface area contributed by atoms with Gasteiger partial charge < -0.3 is 14.9 Å². The van der Waals surface area contributed by atoms with Gasteiger partial charge in [-0.3, -0.25) is 4.79 Å². The molecule has 0 bridgehead atoms. The quantitative estimate of drug-likeness (QED) is 0.440. The Bertz CT molecular complexity index is 411. The molecule has 6 heteroatoms. The van der Waals surface area contributed by atoms with Crippen molar-refractivity contribution in [2.75, 3.05) is 7.11 Å². The average Bonchev–Trinajstić information content (AvgIpc) is 2.28. The van der Waals surface area contributed by atoms with Crippen molar-refractivity contribution in [1.29, 1.82) is 0 Å². The van der Waals surface area contributed by atoms with Crippen molar-refractivity contribution >= 4 is 11.8 Å².